The van der Waals surface area contributed by atoms with Crippen LogP contribution in [0.15, 0.2) is 82.4 Å². The van der Waals surface area contributed by atoms with E-state index in [9.17, 15) is 14.4 Å². The van der Waals surface area contributed by atoms with E-state index in [2.05, 4.69) is 5.32 Å². The van der Waals surface area contributed by atoms with Crippen LogP contribution in [-0.2, 0) is 4.79 Å². The number of nitrogens with zero attached hydrogens (tertiary/aromatic N) is 2. The average Bonchev–Trinajstić information content (AvgIpc) is 2.84. The van der Waals surface area contributed by atoms with Crippen LogP contribution >= 0.6 is 0 Å². The molecular weight excluding hydrogens is 426 g/mol. The van der Waals surface area contributed by atoms with Crippen molar-refractivity contribution < 1.29 is 4.79 Å². The Balaban J connectivity index is 1.88. The molecule has 0 radical (unpaired) electrons. The number of benzene rings is 3. The molecule has 0 bridgehead atoms. The van der Waals surface area contributed by atoms with Gasteiger partial charge in [0.15, 0.2) is 0 Å². The van der Waals surface area contributed by atoms with Crippen molar-refractivity contribution >= 4 is 16.8 Å². The molecule has 0 saturated heterocycles. The standard InChI is InChI=1S/C28H29N3O3/c1-5-24(26(32)29-20(4)21-11-7-6-8-12-21)31-25-14-10-9-13-23(25)27(33)30(28(31)34)22-16-15-18(2)19(3)17-22/h6-17,20,24H,5H2,1-4H3,(H,29,32). The highest BCUT2D eigenvalue weighted by atomic mass is 16.2. The van der Waals surface area contributed by atoms with E-state index in [4.69, 9.17) is 0 Å². The maximum Gasteiger partial charge on any atom is 0.336 e. The molecule has 174 valence electrons. The van der Waals surface area contributed by atoms with Gasteiger partial charge in [0.05, 0.1) is 22.6 Å². The highest BCUT2D eigenvalue weighted by Crippen LogP contribution is 2.20. The van der Waals surface area contributed by atoms with Gasteiger partial charge in [0, 0.05) is 0 Å². The fourth-order valence-corrected chi connectivity index (χ4v) is 4.30. The number of fused-ring (bicyclic) bond motifs is 1. The minimum Gasteiger partial charge on any atom is -0.348 e. The molecule has 0 spiro atoms. The molecule has 1 amide bonds. The quantitative estimate of drug-likeness (QED) is 0.462. The first-order valence-corrected chi connectivity index (χ1v) is 11.5. The summed E-state index contributed by atoms with van der Waals surface area (Å²) in [5.41, 5.74) is 3.04. The van der Waals surface area contributed by atoms with Crippen molar-refractivity contribution in [3.05, 3.63) is 110 Å². The van der Waals surface area contributed by atoms with E-state index in [1.54, 1.807) is 30.3 Å². The molecule has 1 N–H and O–H groups in total. The summed E-state index contributed by atoms with van der Waals surface area (Å²) < 4.78 is 2.63. The molecule has 0 aliphatic heterocycles. The Morgan fingerprint density at radius 1 is 0.912 bits per heavy atom. The van der Waals surface area contributed by atoms with Gasteiger partial charge in [0.1, 0.15) is 6.04 Å². The Labute approximate surface area is 198 Å². The minimum atomic E-state index is -0.776. The van der Waals surface area contributed by atoms with Crippen molar-refractivity contribution in [2.24, 2.45) is 0 Å². The zero-order valence-corrected chi connectivity index (χ0v) is 19.9. The summed E-state index contributed by atoms with van der Waals surface area (Å²) in [5.74, 6) is -0.267. The first-order valence-electron chi connectivity index (χ1n) is 11.5. The fraction of sp³-hybridized carbons (Fsp3) is 0.250. The van der Waals surface area contributed by atoms with Crippen LogP contribution in [0.25, 0.3) is 16.6 Å². The van der Waals surface area contributed by atoms with Crippen LogP contribution in [0.3, 0.4) is 0 Å². The number of rotatable bonds is 6. The summed E-state index contributed by atoms with van der Waals surface area (Å²) in [6.07, 6.45) is 0.391. The maximum absolute atomic E-state index is 13.8. The van der Waals surface area contributed by atoms with Gasteiger partial charge < -0.3 is 5.32 Å². The number of aromatic nitrogens is 2. The monoisotopic (exact) mass is 455 g/mol. The Hall–Kier alpha value is -3.93. The van der Waals surface area contributed by atoms with Gasteiger partial charge in [-0.05, 0) is 68.1 Å². The van der Waals surface area contributed by atoms with E-state index in [1.807, 2.05) is 70.2 Å². The molecule has 1 heterocycles. The summed E-state index contributed by atoms with van der Waals surface area (Å²) in [5, 5.41) is 3.43. The van der Waals surface area contributed by atoms with E-state index >= 15 is 0 Å². The lowest BCUT2D eigenvalue weighted by Crippen LogP contribution is -2.44. The Morgan fingerprint density at radius 2 is 1.59 bits per heavy atom. The summed E-state index contributed by atoms with van der Waals surface area (Å²) in [7, 11) is 0. The number of para-hydroxylation sites is 1. The van der Waals surface area contributed by atoms with Crippen LogP contribution in [0.1, 0.15) is 49.0 Å². The van der Waals surface area contributed by atoms with Crippen molar-refractivity contribution in [3.63, 3.8) is 0 Å². The lowest BCUT2D eigenvalue weighted by molar-refractivity contribution is -0.125. The molecular formula is C28H29N3O3. The number of carbonyl (C=O) groups is 1. The SMILES string of the molecule is CCC(C(=O)NC(C)c1ccccc1)n1c(=O)n(-c2ccc(C)c(C)c2)c(=O)c2ccccc21. The predicted molar refractivity (Wildman–Crippen MR) is 136 cm³/mol. The molecule has 1 aromatic heterocycles. The fourth-order valence-electron chi connectivity index (χ4n) is 4.30. The van der Waals surface area contributed by atoms with Crippen molar-refractivity contribution in [1.82, 2.24) is 14.5 Å². The highest BCUT2D eigenvalue weighted by molar-refractivity contribution is 5.85. The molecule has 4 rings (SSSR count). The van der Waals surface area contributed by atoms with Crippen LogP contribution < -0.4 is 16.6 Å². The van der Waals surface area contributed by atoms with Gasteiger partial charge in [-0.25, -0.2) is 9.36 Å². The molecule has 2 unspecified atom stereocenters. The summed E-state index contributed by atoms with van der Waals surface area (Å²) in [6, 6.07) is 21.1. The van der Waals surface area contributed by atoms with Gasteiger partial charge in [-0.3, -0.25) is 14.2 Å². The number of hydrogen-bond acceptors (Lipinski definition) is 3. The first-order chi connectivity index (χ1) is 16.3. The number of amides is 1. The summed E-state index contributed by atoms with van der Waals surface area (Å²) in [6.45, 7) is 7.70. The zero-order valence-electron chi connectivity index (χ0n) is 19.9. The topological polar surface area (TPSA) is 73.1 Å². The van der Waals surface area contributed by atoms with E-state index in [1.165, 1.54) is 9.13 Å². The zero-order chi connectivity index (χ0) is 24.4. The predicted octanol–water partition coefficient (Wildman–Crippen LogP) is 4.60. The number of nitrogens with one attached hydrogen (secondary N) is 1. The third-order valence-corrected chi connectivity index (χ3v) is 6.40. The van der Waals surface area contributed by atoms with Gasteiger partial charge in [0.2, 0.25) is 5.91 Å². The highest BCUT2D eigenvalue weighted by Gasteiger charge is 2.26. The Kier molecular flexibility index (Phi) is 6.50. The van der Waals surface area contributed by atoms with Crippen molar-refractivity contribution in [1.29, 1.82) is 0 Å². The van der Waals surface area contributed by atoms with E-state index in [0.717, 1.165) is 16.7 Å². The number of carbonyl (C=O) groups excluding carboxylic acids is 1. The first kappa shape index (κ1) is 23.2. The van der Waals surface area contributed by atoms with Gasteiger partial charge in [-0.15, -0.1) is 0 Å². The average molecular weight is 456 g/mol. The lowest BCUT2D eigenvalue weighted by Gasteiger charge is -2.24. The van der Waals surface area contributed by atoms with Crippen LogP contribution in [-0.4, -0.2) is 15.0 Å². The van der Waals surface area contributed by atoms with Crippen LogP contribution in [0.5, 0.6) is 0 Å². The molecule has 6 nitrogen and oxygen atoms in total. The van der Waals surface area contributed by atoms with Crippen molar-refractivity contribution in [3.8, 4) is 5.69 Å². The van der Waals surface area contributed by atoms with Gasteiger partial charge in [0.25, 0.3) is 5.56 Å². The van der Waals surface area contributed by atoms with Crippen molar-refractivity contribution in [2.45, 2.75) is 46.2 Å². The van der Waals surface area contributed by atoms with Crippen molar-refractivity contribution in [2.75, 3.05) is 0 Å². The normalized spacial score (nSPS) is 12.9. The molecule has 4 aromatic rings. The van der Waals surface area contributed by atoms with E-state index < -0.39 is 17.3 Å². The third kappa shape index (κ3) is 4.19. The number of hydrogen-bond donors (Lipinski definition) is 1. The summed E-state index contributed by atoms with van der Waals surface area (Å²) >= 11 is 0. The molecule has 0 fully saturated rings. The van der Waals surface area contributed by atoms with Crippen LogP contribution in [0.2, 0.25) is 0 Å². The molecule has 3 aromatic carbocycles. The van der Waals surface area contributed by atoms with Gasteiger partial charge in [-0.1, -0.05) is 55.5 Å². The third-order valence-electron chi connectivity index (χ3n) is 6.40. The molecule has 34 heavy (non-hydrogen) atoms. The largest absolute Gasteiger partial charge is 0.348 e. The van der Waals surface area contributed by atoms with Gasteiger partial charge in [-0.2, -0.15) is 0 Å². The van der Waals surface area contributed by atoms with E-state index in [-0.39, 0.29) is 11.9 Å². The molecule has 0 saturated carbocycles. The Morgan fingerprint density at radius 3 is 2.26 bits per heavy atom. The molecule has 6 heteroatoms. The molecule has 2 atom stereocenters. The lowest BCUT2D eigenvalue weighted by atomic mass is 10.1. The Bertz CT molecular complexity index is 1470. The second-order valence-electron chi connectivity index (χ2n) is 8.64. The van der Waals surface area contributed by atoms with Gasteiger partial charge >= 0.3 is 5.69 Å². The second kappa shape index (κ2) is 9.51. The molecule has 0 aliphatic rings. The van der Waals surface area contributed by atoms with Crippen LogP contribution in [0.4, 0.5) is 0 Å². The smallest absolute Gasteiger partial charge is 0.336 e. The minimum absolute atomic E-state index is 0.227. The molecule has 0 aliphatic carbocycles. The number of aryl methyl sites for hydroxylation is 2. The van der Waals surface area contributed by atoms with Crippen LogP contribution in [0, 0.1) is 13.8 Å². The second-order valence-corrected chi connectivity index (χ2v) is 8.64. The summed E-state index contributed by atoms with van der Waals surface area (Å²) in [4.78, 5) is 40.6. The maximum atomic E-state index is 13.8. The van der Waals surface area contributed by atoms with E-state index in [0.29, 0.717) is 23.0 Å².